The fourth-order valence-electron chi connectivity index (χ4n) is 2.19. The summed E-state index contributed by atoms with van der Waals surface area (Å²) < 4.78 is 25.0. The molecule has 1 aromatic heterocycles. The topological polar surface area (TPSA) is 67.0 Å². The number of sulfone groups is 1. The van der Waals surface area contributed by atoms with Crippen molar-refractivity contribution in [2.24, 2.45) is 0 Å². The van der Waals surface area contributed by atoms with Gasteiger partial charge in [-0.2, -0.15) is 0 Å². The minimum Gasteiger partial charge on any atom is -0.345 e. The van der Waals surface area contributed by atoms with Crippen molar-refractivity contribution in [2.45, 2.75) is 16.8 Å². The zero-order chi connectivity index (χ0) is 15.0. The molecule has 0 amide bonds. The minimum absolute atomic E-state index is 0.0565. The van der Waals surface area contributed by atoms with Gasteiger partial charge < -0.3 is 4.98 Å². The minimum atomic E-state index is -3.57. The molecule has 3 aromatic rings. The van der Waals surface area contributed by atoms with Crippen molar-refractivity contribution in [3.8, 4) is 0 Å². The van der Waals surface area contributed by atoms with Gasteiger partial charge in [-0.15, -0.1) is 0 Å². The quantitative estimate of drug-likeness (QED) is 0.755. The van der Waals surface area contributed by atoms with Crippen molar-refractivity contribution in [3.05, 3.63) is 60.2 Å². The number of carbonyl (C=O) groups is 1. The number of H-pyrrole nitrogens is 1. The Hall–Kier alpha value is -2.40. The molecule has 1 heterocycles. The van der Waals surface area contributed by atoms with Gasteiger partial charge in [-0.3, -0.25) is 4.79 Å². The van der Waals surface area contributed by atoms with Gasteiger partial charge in [0.25, 0.3) is 0 Å². The molecule has 0 spiro atoms. The first-order valence-electron chi connectivity index (χ1n) is 6.42. The van der Waals surface area contributed by atoms with Crippen molar-refractivity contribution in [2.75, 3.05) is 0 Å². The fraction of sp³-hybridized carbons (Fsp3) is 0.0625. The largest absolute Gasteiger partial charge is 0.345 e. The van der Waals surface area contributed by atoms with E-state index in [4.69, 9.17) is 0 Å². The summed E-state index contributed by atoms with van der Waals surface area (Å²) in [5.41, 5.74) is 1.19. The second-order valence-electron chi connectivity index (χ2n) is 4.81. The van der Waals surface area contributed by atoms with E-state index in [0.29, 0.717) is 11.1 Å². The maximum atomic E-state index is 12.5. The molecule has 0 radical (unpaired) electrons. The molecule has 106 valence electrons. The lowest BCUT2D eigenvalue weighted by Crippen LogP contribution is -2.01. The van der Waals surface area contributed by atoms with E-state index >= 15 is 0 Å². The van der Waals surface area contributed by atoms with Gasteiger partial charge in [-0.1, -0.05) is 30.3 Å². The highest BCUT2D eigenvalue weighted by Crippen LogP contribution is 2.25. The lowest BCUT2D eigenvalue weighted by atomic mass is 10.1. The van der Waals surface area contributed by atoms with Gasteiger partial charge in [0.15, 0.2) is 5.78 Å². The Morgan fingerprint density at radius 3 is 2.38 bits per heavy atom. The summed E-state index contributed by atoms with van der Waals surface area (Å²) in [6.07, 6.45) is 0. The van der Waals surface area contributed by atoms with E-state index in [9.17, 15) is 13.2 Å². The first-order valence-corrected chi connectivity index (χ1v) is 7.90. The highest BCUT2D eigenvalue weighted by Gasteiger charge is 2.19. The Balaban J connectivity index is 2.15. The summed E-state index contributed by atoms with van der Waals surface area (Å²) in [5.74, 6) is -0.0565. The molecule has 0 aliphatic heterocycles. The number of benzene rings is 2. The van der Waals surface area contributed by atoms with Crippen LogP contribution in [0.15, 0.2) is 64.5 Å². The molecule has 0 atom stereocenters. The zero-order valence-corrected chi connectivity index (χ0v) is 12.1. The molecule has 0 saturated heterocycles. The molecule has 0 bridgehead atoms. The van der Waals surface area contributed by atoms with Crippen molar-refractivity contribution in [3.63, 3.8) is 0 Å². The standard InChI is InChI=1S/C16H13NO3S/c1-11(18)12-7-8-13-10-16(17-15(13)9-12)21(19,20)14-5-3-2-4-6-14/h2-10,17H,1H3. The van der Waals surface area contributed by atoms with Crippen LogP contribution in [0.4, 0.5) is 0 Å². The average Bonchev–Trinajstić information content (AvgIpc) is 2.91. The summed E-state index contributed by atoms with van der Waals surface area (Å²) in [4.78, 5) is 14.5. The predicted molar refractivity (Wildman–Crippen MR) is 80.2 cm³/mol. The van der Waals surface area contributed by atoms with Crippen LogP contribution < -0.4 is 0 Å². The number of nitrogens with one attached hydrogen (secondary N) is 1. The van der Waals surface area contributed by atoms with Gasteiger partial charge >= 0.3 is 0 Å². The monoisotopic (exact) mass is 299 g/mol. The van der Waals surface area contributed by atoms with Gasteiger partial charge in [-0.25, -0.2) is 8.42 Å². The van der Waals surface area contributed by atoms with Crippen LogP contribution in [0.25, 0.3) is 10.9 Å². The van der Waals surface area contributed by atoms with Crippen LogP contribution in [-0.4, -0.2) is 19.2 Å². The number of carbonyl (C=O) groups excluding carboxylic acids is 1. The van der Waals surface area contributed by atoms with Gasteiger partial charge in [0.2, 0.25) is 9.84 Å². The molecule has 2 aromatic carbocycles. The summed E-state index contributed by atoms with van der Waals surface area (Å²) in [7, 11) is -3.57. The molecule has 0 unspecified atom stereocenters. The normalized spacial score (nSPS) is 11.7. The van der Waals surface area contributed by atoms with Crippen LogP contribution in [0, 0.1) is 0 Å². The van der Waals surface area contributed by atoms with Crippen LogP contribution in [0.3, 0.4) is 0 Å². The third-order valence-electron chi connectivity index (χ3n) is 3.35. The molecular formula is C16H13NO3S. The SMILES string of the molecule is CC(=O)c1ccc2cc(S(=O)(=O)c3ccccc3)[nH]c2c1. The first-order chi connectivity index (χ1) is 9.98. The number of aromatic nitrogens is 1. The van der Waals surface area contributed by atoms with Crippen molar-refractivity contribution in [1.29, 1.82) is 0 Å². The van der Waals surface area contributed by atoms with E-state index in [1.54, 1.807) is 54.6 Å². The van der Waals surface area contributed by atoms with Crippen molar-refractivity contribution >= 4 is 26.5 Å². The van der Waals surface area contributed by atoms with E-state index in [1.807, 2.05) is 0 Å². The highest BCUT2D eigenvalue weighted by atomic mass is 32.2. The molecule has 0 saturated carbocycles. The molecule has 0 aliphatic carbocycles. The summed E-state index contributed by atoms with van der Waals surface area (Å²) >= 11 is 0. The van der Waals surface area contributed by atoms with E-state index < -0.39 is 9.84 Å². The molecule has 4 nitrogen and oxygen atoms in total. The second kappa shape index (κ2) is 4.86. The van der Waals surface area contributed by atoms with Crippen LogP contribution in [0.5, 0.6) is 0 Å². The Labute approximate surface area is 122 Å². The maximum absolute atomic E-state index is 12.5. The van der Waals surface area contributed by atoms with Crippen LogP contribution >= 0.6 is 0 Å². The maximum Gasteiger partial charge on any atom is 0.221 e. The molecule has 21 heavy (non-hydrogen) atoms. The molecular weight excluding hydrogens is 286 g/mol. The molecule has 3 rings (SSSR count). The van der Waals surface area contributed by atoms with E-state index in [2.05, 4.69) is 4.98 Å². The Bertz CT molecular complexity index is 925. The molecule has 1 N–H and O–H groups in total. The van der Waals surface area contributed by atoms with E-state index in [1.165, 1.54) is 6.92 Å². The Morgan fingerprint density at radius 2 is 1.71 bits per heavy atom. The van der Waals surface area contributed by atoms with Crippen LogP contribution in [0.1, 0.15) is 17.3 Å². The number of Topliss-reactive ketones (excluding diaryl/α,β-unsaturated/α-hetero) is 1. The third-order valence-corrected chi connectivity index (χ3v) is 5.04. The summed E-state index contributed by atoms with van der Waals surface area (Å²) in [6.45, 7) is 1.48. The number of hydrogen-bond acceptors (Lipinski definition) is 3. The number of ketones is 1. The zero-order valence-electron chi connectivity index (χ0n) is 11.3. The lowest BCUT2D eigenvalue weighted by Gasteiger charge is -2.00. The smallest absolute Gasteiger partial charge is 0.221 e. The number of hydrogen-bond donors (Lipinski definition) is 1. The number of rotatable bonds is 3. The Kier molecular flexibility index (Phi) is 3.14. The van der Waals surface area contributed by atoms with Crippen molar-refractivity contribution < 1.29 is 13.2 Å². The predicted octanol–water partition coefficient (Wildman–Crippen LogP) is 3.20. The van der Waals surface area contributed by atoms with Crippen LogP contribution in [-0.2, 0) is 9.84 Å². The Morgan fingerprint density at radius 1 is 1.00 bits per heavy atom. The highest BCUT2D eigenvalue weighted by molar-refractivity contribution is 7.91. The number of fused-ring (bicyclic) bond motifs is 1. The van der Waals surface area contributed by atoms with Crippen LogP contribution in [0.2, 0.25) is 0 Å². The second-order valence-corrected chi connectivity index (χ2v) is 6.73. The van der Waals surface area contributed by atoms with Gasteiger partial charge in [0.1, 0.15) is 5.03 Å². The first kappa shape index (κ1) is 13.6. The fourth-order valence-corrected chi connectivity index (χ4v) is 3.49. The average molecular weight is 299 g/mol. The molecule has 5 heteroatoms. The summed E-state index contributed by atoms with van der Waals surface area (Å²) in [6, 6.07) is 14.9. The molecule has 0 aliphatic rings. The van der Waals surface area contributed by atoms with Gasteiger partial charge in [0, 0.05) is 16.5 Å². The number of aromatic amines is 1. The van der Waals surface area contributed by atoms with E-state index in [0.717, 1.165) is 5.39 Å². The van der Waals surface area contributed by atoms with E-state index in [-0.39, 0.29) is 15.7 Å². The third kappa shape index (κ3) is 2.36. The van der Waals surface area contributed by atoms with Crippen molar-refractivity contribution in [1.82, 2.24) is 4.98 Å². The summed E-state index contributed by atoms with van der Waals surface area (Å²) in [5, 5.41) is 0.888. The van der Waals surface area contributed by atoms with Gasteiger partial charge in [-0.05, 0) is 31.2 Å². The van der Waals surface area contributed by atoms with Gasteiger partial charge in [0.05, 0.1) is 4.90 Å². The lowest BCUT2D eigenvalue weighted by molar-refractivity contribution is 0.101. The molecule has 0 fully saturated rings.